The van der Waals surface area contributed by atoms with Crippen molar-refractivity contribution in [2.24, 2.45) is 0 Å². The highest BCUT2D eigenvalue weighted by Crippen LogP contribution is 2.15. The highest BCUT2D eigenvalue weighted by atomic mass is 16.6. The van der Waals surface area contributed by atoms with E-state index in [0.29, 0.717) is 19.3 Å². The van der Waals surface area contributed by atoms with E-state index in [1.165, 1.54) is 122 Å². The van der Waals surface area contributed by atoms with Crippen LogP contribution in [-0.4, -0.2) is 37.2 Å². The summed E-state index contributed by atoms with van der Waals surface area (Å²) in [6, 6.07) is 0. The molecule has 0 N–H and O–H groups in total. The van der Waals surface area contributed by atoms with E-state index >= 15 is 0 Å². The van der Waals surface area contributed by atoms with E-state index < -0.39 is 6.10 Å². The molecule has 6 nitrogen and oxygen atoms in total. The number of ether oxygens (including phenoxy) is 3. The van der Waals surface area contributed by atoms with Crippen molar-refractivity contribution in [2.75, 3.05) is 13.2 Å². The number of esters is 3. The van der Waals surface area contributed by atoms with Gasteiger partial charge in [0, 0.05) is 19.3 Å². The van der Waals surface area contributed by atoms with Crippen molar-refractivity contribution in [3.63, 3.8) is 0 Å². The summed E-state index contributed by atoms with van der Waals surface area (Å²) in [6.45, 7) is 6.50. The van der Waals surface area contributed by atoms with Gasteiger partial charge in [0.25, 0.3) is 0 Å². The molecule has 0 aliphatic carbocycles. The Kier molecular flexibility index (Phi) is 61.8. The molecule has 0 spiro atoms. The van der Waals surface area contributed by atoms with Crippen molar-refractivity contribution in [3.8, 4) is 0 Å². The minimum Gasteiger partial charge on any atom is -0.462 e. The molecule has 0 aromatic carbocycles. The van der Waals surface area contributed by atoms with Gasteiger partial charge in [0.2, 0.25) is 0 Å². The topological polar surface area (TPSA) is 78.9 Å². The Bertz CT molecular complexity index is 1620. The lowest BCUT2D eigenvalue weighted by Gasteiger charge is -2.18. The van der Waals surface area contributed by atoms with Crippen molar-refractivity contribution in [1.29, 1.82) is 0 Å². The lowest BCUT2D eigenvalue weighted by Crippen LogP contribution is -2.30. The largest absolute Gasteiger partial charge is 0.462 e. The van der Waals surface area contributed by atoms with Gasteiger partial charge in [-0.05, 0) is 116 Å². The van der Waals surface area contributed by atoms with E-state index in [1.807, 2.05) is 0 Å². The monoisotopic (exact) mass is 1080 g/mol. The fourth-order valence-corrected chi connectivity index (χ4v) is 8.84. The summed E-state index contributed by atoms with van der Waals surface area (Å²) in [5.74, 6) is -0.928. The Morgan fingerprint density at radius 2 is 0.500 bits per heavy atom. The molecule has 0 rings (SSSR count). The number of hydrogen-bond acceptors (Lipinski definition) is 6. The second-order valence-electron chi connectivity index (χ2n) is 21.3. The van der Waals surface area contributed by atoms with E-state index in [-0.39, 0.29) is 31.1 Å². The highest BCUT2D eigenvalue weighted by molar-refractivity contribution is 5.71. The predicted octanol–water partition coefficient (Wildman–Crippen LogP) is 22.4. The molecule has 1 atom stereocenters. The number of rotatable bonds is 58. The Morgan fingerprint density at radius 1 is 0.269 bits per heavy atom. The van der Waals surface area contributed by atoms with Gasteiger partial charge in [-0.15, -0.1) is 0 Å². The minimum absolute atomic E-state index is 0.0911. The lowest BCUT2D eigenvalue weighted by molar-refractivity contribution is -0.167. The normalized spacial score (nSPS) is 12.9. The van der Waals surface area contributed by atoms with Crippen LogP contribution in [0.2, 0.25) is 0 Å². The molecule has 0 saturated carbocycles. The third-order valence-corrected chi connectivity index (χ3v) is 13.7. The van der Waals surface area contributed by atoms with Gasteiger partial charge in [0.05, 0.1) is 0 Å². The molecular formula is C72H120O6. The molecule has 6 heteroatoms. The Hall–Kier alpha value is -4.19. The number of hydrogen-bond donors (Lipinski definition) is 0. The molecule has 0 amide bonds. The molecular weight excluding hydrogens is 961 g/mol. The average molecular weight is 1080 g/mol. The molecule has 0 radical (unpaired) electrons. The number of carbonyl (C=O) groups excluding carboxylic acids is 3. The van der Waals surface area contributed by atoms with Gasteiger partial charge < -0.3 is 14.2 Å². The first kappa shape index (κ1) is 73.8. The summed E-state index contributed by atoms with van der Waals surface area (Å²) in [7, 11) is 0. The molecule has 0 aliphatic heterocycles. The van der Waals surface area contributed by atoms with Gasteiger partial charge in [-0.1, -0.05) is 284 Å². The Labute approximate surface area is 482 Å². The summed E-state index contributed by atoms with van der Waals surface area (Å²) in [5.41, 5.74) is 0. The second-order valence-corrected chi connectivity index (χ2v) is 21.3. The van der Waals surface area contributed by atoms with E-state index in [9.17, 15) is 14.4 Å². The molecule has 0 aromatic heterocycles. The van der Waals surface area contributed by atoms with Crippen LogP contribution in [0.1, 0.15) is 297 Å². The van der Waals surface area contributed by atoms with Crippen molar-refractivity contribution >= 4 is 17.9 Å². The highest BCUT2D eigenvalue weighted by Gasteiger charge is 2.19. The molecule has 78 heavy (non-hydrogen) atoms. The second kappa shape index (κ2) is 65.3. The van der Waals surface area contributed by atoms with Gasteiger partial charge in [0.15, 0.2) is 6.10 Å². The van der Waals surface area contributed by atoms with Crippen LogP contribution in [0.15, 0.2) is 122 Å². The Balaban J connectivity index is 4.38. The third kappa shape index (κ3) is 62.7. The molecule has 0 fully saturated rings. The van der Waals surface area contributed by atoms with Crippen molar-refractivity contribution < 1.29 is 28.6 Å². The van der Waals surface area contributed by atoms with E-state index in [4.69, 9.17) is 14.2 Å². The SMILES string of the molecule is CC/C=C\C/C=C\C/C=C\C/C=C\C/C=C\C/C=C\C/C=C\C/C=C\C/C=C\CCCCCC(=O)OCC(COC(=O)CCCCCCCCCCCCCCCC)OC(=O)CCCCCCC/C=C\CCCCCCCC. The average Bonchev–Trinajstić information content (AvgIpc) is 3.44. The number of carbonyl (C=O) groups is 3. The first-order chi connectivity index (χ1) is 38.5. The van der Waals surface area contributed by atoms with Gasteiger partial charge in [0.1, 0.15) is 13.2 Å². The van der Waals surface area contributed by atoms with Crippen LogP contribution >= 0.6 is 0 Å². The summed E-state index contributed by atoms with van der Waals surface area (Å²) in [5, 5.41) is 0. The molecule has 0 heterocycles. The summed E-state index contributed by atoms with van der Waals surface area (Å²) < 4.78 is 16.9. The van der Waals surface area contributed by atoms with Crippen molar-refractivity contribution in [2.45, 2.75) is 303 Å². The molecule has 1 unspecified atom stereocenters. The van der Waals surface area contributed by atoms with Crippen LogP contribution in [0.3, 0.4) is 0 Å². The summed E-state index contributed by atoms with van der Waals surface area (Å²) in [4.78, 5) is 38.3. The van der Waals surface area contributed by atoms with Gasteiger partial charge >= 0.3 is 17.9 Å². The molecule has 0 aliphatic rings. The number of allylic oxidation sites excluding steroid dienone is 20. The van der Waals surface area contributed by atoms with Crippen LogP contribution in [-0.2, 0) is 28.6 Å². The van der Waals surface area contributed by atoms with Crippen LogP contribution in [0.5, 0.6) is 0 Å². The molecule has 0 bridgehead atoms. The fraction of sp³-hybridized carbons (Fsp3) is 0.681. The molecule has 0 saturated heterocycles. The quantitative estimate of drug-likeness (QED) is 0.0261. The van der Waals surface area contributed by atoms with Gasteiger partial charge in [-0.3, -0.25) is 14.4 Å². The maximum atomic E-state index is 12.9. The van der Waals surface area contributed by atoms with Crippen molar-refractivity contribution in [3.05, 3.63) is 122 Å². The number of unbranched alkanes of at least 4 members (excludes halogenated alkanes) is 27. The zero-order chi connectivity index (χ0) is 56.4. The van der Waals surface area contributed by atoms with E-state index in [1.54, 1.807) is 0 Å². The predicted molar refractivity (Wildman–Crippen MR) is 339 cm³/mol. The zero-order valence-electron chi connectivity index (χ0n) is 50.9. The van der Waals surface area contributed by atoms with Gasteiger partial charge in [-0.2, -0.15) is 0 Å². The molecule has 0 aromatic rings. The maximum Gasteiger partial charge on any atom is 0.306 e. The molecule has 444 valence electrons. The fourth-order valence-electron chi connectivity index (χ4n) is 8.84. The van der Waals surface area contributed by atoms with Crippen LogP contribution in [0.4, 0.5) is 0 Å². The smallest absolute Gasteiger partial charge is 0.306 e. The van der Waals surface area contributed by atoms with Crippen LogP contribution in [0.25, 0.3) is 0 Å². The van der Waals surface area contributed by atoms with Crippen LogP contribution < -0.4 is 0 Å². The van der Waals surface area contributed by atoms with Crippen molar-refractivity contribution in [1.82, 2.24) is 0 Å². The zero-order valence-corrected chi connectivity index (χ0v) is 50.9. The lowest BCUT2D eigenvalue weighted by atomic mass is 10.0. The summed E-state index contributed by atoms with van der Waals surface area (Å²) in [6.07, 6.45) is 90.6. The maximum absolute atomic E-state index is 12.9. The first-order valence-corrected chi connectivity index (χ1v) is 32.5. The third-order valence-electron chi connectivity index (χ3n) is 13.7. The standard InChI is InChI=1S/C72H120O6/c1-4-7-10-13-16-19-22-25-28-29-30-31-32-33-34-35-36-37-38-39-40-41-42-43-45-47-50-53-56-59-62-65-71(74)77-68-69(67-76-70(73)64-61-58-55-52-49-46-27-24-21-18-15-12-9-6-3)78-72(75)66-63-60-57-54-51-48-44-26-23-20-17-14-11-8-5-2/h7,10,16,19,25-26,28,30-31,33-34,36-37,39-40,42-44,47,50,69H,4-6,8-9,11-15,17-18,20-24,27,29,32,35,38,41,45-46,48-49,51-68H2,1-3H3/b10-7-,19-16-,28-25-,31-30-,34-33-,37-36-,40-39-,43-42-,44-26-,50-47-. The Morgan fingerprint density at radius 3 is 0.808 bits per heavy atom. The van der Waals surface area contributed by atoms with Crippen LogP contribution in [0, 0.1) is 0 Å². The van der Waals surface area contributed by atoms with E-state index in [0.717, 1.165) is 135 Å². The van der Waals surface area contributed by atoms with E-state index in [2.05, 4.69) is 142 Å². The minimum atomic E-state index is -0.798. The summed E-state index contributed by atoms with van der Waals surface area (Å²) >= 11 is 0. The first-order valence-electron chi connectivity index (χ1n) is 32.5. The van der Waals surface area contributed by atoms with Gasteiger partial charge in [-0.25, -0.2) is 0 Å².